The summed E-state index contributed by atoms with van der Waals surface area (Å²) in [5.41, 5.74) is 3.37. The van der Waals surface area contributed by atoms with Crippen LogP contribution in [0.2, 0.25) is 0 Å². The predicted octanol–water partition coefficient (Wildman–Crippen LogP) is 5.55. The van der Waals surface area contributed by atoms with E-state index in [1.807, 2.05) is 60.0 Å². The maximum atomic E-state index is 9.38. The molecule has 0 spiro atoms. The minimum atomic E-state index is 0.514. The summed E-state index contributed by atoms with van der Waals surface area (Å²) >= 11 is 4.86. The van der Waals surface area contributed by atoms with Gasteiger partial charge in [-0.2, -0.15) is 5.26 Å². The van der Waals surface area contributed by atoms with Crippen LogP contribution in [0.5, 0.6) is 0 Å². The van der Waals surface area contributed by atoms with Crippen molar-refractivity contribution in [1.29, 1.82) is 5.26 Å². The van der Waals surface area contributed by atoms with Crippen LogP contribution in [0.15, 0.2) is 70.7 Å². The van der Waals surface area contributed by atoms with Gasteiger partial charge < -0.3 is 5.32 Å². The third-order valence-electron chi connectivity index (χ3n) is 3.15. The first-order valence-corrected chi connectivity index (χ1v) is 8.57. The number of aromatic nitrogens is 1. The van der Waals surface area contributed by atoms with E-state index in [9.17, 15) is 5.26 Å². The van der Waals surface area contributed by atoms with Gasteiger partial charge in [-0.05, 0) is 24.3 Å². The Morgan fingerprint density at radius 1 is 1.13 bits per heavy atom. The van der Waals surface area contributed by atoms with E-state index in [0.29, 0.717) is 10.6 Å². The van der Waals surface area contributed by atoms with Crippen molar-refractivity contribution >= 4 is 38.5 Å². The smallest absolute Gasteiger partial charge is 0.136 e. The van der Waals surface area contributed by atoms with Gasteiger partial charge in [-0.1, -0.05) is 46.3 Å². The minimum absolute atomic E-state index is 0.514. The molecule has 3 rings (SSSR count). The van der Waals surface area contributed by atoms with Crippen LogP contribution in [0.3, 0.4) is 0 Å². The van der Waals surface area contributed by atoms with Crippen LogP contribution < -0.4 is 5.32 Å². The van der Waals surface area contributed by atoms with Crippen molar-refractivity contribution in [2.24, 2.45) is 0 Å². The fourth-order valence-electron chi connectivity index (χ4n) is 1.98. The van der Waals surface area contributed by atoms with E-state index in [1.54, 1.807) is 6.20 Å². The monoisotopic (exact) mass is 381 g/mol. The maximum Gasteiger partial charge on any atom is 0.136 e. The second-order valence-electron chi connectivity index (χ2n) is 4.72. The summed E-state index contributed by atoms with van der Waals surface area (Å²) in [5, 5.41) is 15.2. The number of nitrogens with one attached hydrogen (secondary N) is 1. The molecule has 0 aliphatic heterocycles. The maximum absolute atomic E-state index is 9.38. The summed E-state index contributed by atoms with van der Waals surface area (Å²) in [7, 11) is 0. The van der Waals surface area contributed by atoms with Gasteiger partial charge in [0, 0.05) is 27.3 Å². The second-order valence-corrected chi connectivity index (χ2v) is 6.50. The summed E-state index contributed by atoms with van der Waals surface area (Å²) in [6.45, 7) is 0. The molecule has 0 amide bonds. The Morgan fingerprint density at radius 2 is 1.87 bits per heavy atom. The molecule has 0 saturated heterocycles. The molecular formula is C18H12BrN3S. The Hall–Kier alpha value is -2.42. The lowest BCUT2D eigenvalue weighted by atomic mass is 10.2. The van der Waals surface area contributed by atoms with E-state index in [2.05, 4.69) is 32.3 Å². The highest BCUT2D eigenvalue weighted by molar-refractivity contribution is 9.10. The Balaban J connectivity index is 1.81. The van der Waals surface area contributed by atoms with Crippen molar-refractivity contribution in [1.82, 2.24) is 4.98 Å². The lowest BCUT2D eigenvalue weighted by Crippen LogP contribution is -1.90. The van der Waals surface area contributed by atoms with Crippen LogP contribution in [0.1, 0.15) is 5.01 Å². The highest BCUT2D eigenvalue weighted by atomic mass is 79.9. The fraction of sp³-hybridized carbons (Fsp3) is 0. The van der Waals surface area contributed by atoms with Crippen LogP contribution in [-0.4, -0.2) is 4.98 Å². The van der Waals surface area contributed by atoms with Crippen LogP contribution in [0, 0.1) is 11.3 Å². The number of nitrogens with zero attached hydrogens (tertiary/aromatic N) is 2. The van der Waals surface area contributed by atoms with Gasteiger partial charge >= 0.3 is 0 Å². The van der Waals surface area contributed by atoms with Gasteiger partial charge in [-0.15, -0.1) is 11.3 Å². The molecule has 1 heterocycles. The van der Waals surface area contributed by atoms with Gasteiger partial charge in [0.15, 0.2) is 0 Å². The minimum Gasteiger partial charge on any atom is -0.360 e. The fourth-order valence-corrected chi connectivity index (χ4v) is 3.04. The van der Waals surface area contributed by atoms with E-state index < -0.39 is 0 Å². The zero-order valence-electron chi connectivity index (χ0n) is 12.0. The highest BCUT2D eigenvalue weighted by Gasteiger charge is 2.08. The average molecular weight is 382 g/mol. The first-order chi connectivity index (χ1) is 11.3. The Kier molecular flexibility index (Phi) is 4.86. The third-order valence-corrected chi connectivity index (χ3v) is 4.56. The molecule has 5 heteroatoms. The van der Waals surface area contributed by atoms with Crippen molar-refractivity contribution in [3.63, 3.8) is 0 Å². The number of nitriles is 1. The normalized spacial score (nSPS) is 11.0. The molecule has 1 N–H and O–H groups in total. The van der Waals surface area contributed by atoms with Gasteiger partial charge in [0.05, 0.1) is 5.69 Å². The van der Waals surface area contributed by atoms with Gasteiger partial charge in [-0.3, -0.25) is 0 Å². The molecule has 0 saturated carbocycles. The first kappa shape index (κ1) is 15.5. The number of thiazole rings is 1. The molecule has 0 atom stereocenters. The van der Waals surface area contributed by atoms with Crippen LogP contribution >= 0.6 is 27.3 Å². The summed E-state index contributed by atoms with van der Waals surface area (Å²) in [4.78, 5) is 4.56. The lowest BCUT2D eigenvalue weighted by Gasteiger charge is -2.01. The van der Waals surface area contributed by atoms with E-state index in [4.69, 9.17) is 0 Å². The quantitative estimate of drug-likeness (QED) is 0.602. The third kappa shape index (κ3) is 3.86. The summed E-state index contributed by atoms with van der Waals surface area (Å²) in [6.07, 6.45) is 1.69. The lowest BCUT2D eigenvalue weighted by molar-refractivity contribution is 1.36. The molecule has 2 aromatic carbocycles. The topological polar surface area (TPSA) is 48.7 Å². The molecule has 23 heavy (non-hydrogen) atoms. The zero-order valence-corrected chi connectivity index (χ0v) is 14.4. The van der Waals surface area contributed by atoms with Gasteiger partial charge in [0.25, 0.3) is 0 Å². The molecule has 0 unspecified atom stereocenters. The first-order valence-electron chi connectivity index (χ1n) is 6.90. The van der Waals surface area contributed by atoms with Gasteiger partial charge in [0.1, 0.15) is 16.6 Å². The molecule has 3 aromatic rings. The molecule has 0 bridgehead atoms. The number of allylic oxidation sites excluding steroid dienone is 1. The van der Waals surface area contributed by atoms with E-state index >= 15 is 0 Å². The van der Waals surface area contributed by atoms with Crippen LogP contribution in [-0.2, 0) is 0 Å². The van der Waals surface area contributed by atoms with Crippen molar-refractivity contribution in [2.75, 3.05) is 5.32 Å². The zero-order chi connectivity index (χ0) is 16.1. The van der Waals surface area contributed by atoms with Crippen molar-refractivity contribution in [2.45, 2.75) is 0 Å². The Morgan fingerprint density at radius 3 is 2.57 bits per heavy atom. The largest absolute Gasteiger partial charge is 0.360 e. The summed E-state index contributed by atoms with van der Waals surface area (Å²) in [6, 6.07) is 19.9. The molecule has 112 valence electrons. The van der Waals surface area contributed by atoms with E-state index in [1.165, 1.54) is 11.3 Å². The number of hydrogen-bond donors (Lipinski definition) is 1. The Labute approximate surface area is 147 Å². The molecular weight excluding hydrogens is 370 g/mol. The molecule has 0 aliphatic carbocycles. The molecule has 0 fully saturated rings. The second kappa shape index (κ2) is 7.23. The number of hydrogen-bond acceptors (Lipinski definition) is 4. The molecule has 3 nitrogen and oxygen atoms in total. The SMILES string of the molecule is N#C/C(=C\Nc1ccc(Br)cc1)c1nc(-c2ccccc2)cs1. The summed E-state index contributed by atoms with van der Waals surface area (Å²) in [5.74, 6) is 0. The predicted molar refractivity (Wildman–Crippen MR) is 98.9 cm³/mol. The van der Waals surface area contributed by atoms with Gasteiger partial charge in [0.2, 0.25) is 0 Å². The molecule has 0 aliphatic rings. The number of anilines is 1. The van der Waals surface area contributed by atoms with Crippen LogP contribution in [0.25, 0.3) is 16.8 Å². The van der Waals surface area contributed by atoms with E-state index in [-0.39, 0.29) is 0 Å². The van der Waals surface area contributed by atoms with Crippen LogP contribution in [0.4, 0.5) is 5.69 Å². The molecule has 1 aromatic heterocycles. The van der Waals surface area contributed by atoms with Crippen molar-refractivity contribution < 1.29 is 0 Å². The average Bonchev–Trinajstić information content (AvgIpc) is 3.08. The molecule has 0 radical (unpaired) electrons. The summed E-state index contributed by atoms with van der Waals surface area (Å²) < 4.78 is 1.01. The number of benzene rings is 2. The highest BCUT2D eigenvalue weighted by Crippen LogP contribution is 2.26. The number of halogens is 1. The van der Waals surface area contributed by atoms with E-state index in [0.717, 1.165) is 21.4 Å². The Bertz CT molecular complexity index is 861. The standard InChI is InChI=1S/C18H12BrN3S/c19-15-6-8-16(9-7-15)21-11-14(10-20)18-22-17(12-23-18)13-4-2-1-3-5-13/h1-9,11-12,21H/b14-11+. The number of rotatable bonds is 4. The van der Waals surface area contributed by atoms with Gasteiger partial charge in [-0.25, -0.2) is 4.98 Å². The van der Waals surface area contributed by atoms with Crippen molar-refractivity contribution in [3.8, 4) is 17.3 Å². The van der Waals surface area contributed by atoms with Crippen molar-refractivity contribution in [3.05, 3.63) is 75.7 Å².